The van der Waals surface area contributed by atoms with Crippen LogP contribution in [0.4, 0.5) is 0 Å². The fourth-order valence-electron chi connectivity index (χ4n) is 1.49. The van der Waals surface area contributed by atoms with Gasteiger partial charge in [0.1, 0.15) is 0 Å². The molecule has 2 nitrogen and oxygen atoms in total. The molecule has 0 radical (unpaired) electrons. The van der Waals surface area contributed by atoms with Gasteiger partial charge in [-0.3, -0.25) is 0 Å². The number of ether oxygens (including phenoxy) is 1. The highest BCUT2D eigenvalue weighted by Gasteiger charge is 2.13. The molecule has 0 fully saturated rings. The monoisotopic (exact) mass is 187 g/mol. The van der Waals surface area contributed by atoms with Crippen LogP contribution in [0.5, 0.6) is 0 Å². The van der Waals surface area contributed by atoms with E-state index in [1.54, 1.807) is 0 Å². The lowest BCUT2D eigenvalue weighted by Gasteiger charge is -2.25. The second-order valence-corrected chi connectivity index (χ2v) is 3.99. The summed E-state index contributed by atoms with van der Waals surface area (Å²) in [6.07, 6.45) is 1.19. The summed E-state index contributed by atoms with van der Waals surface area (Å²) >= 11 is 0. The lowest BCUT2D eigenvalue weighted by atomic mass is 10.0. The van der Waals surface area contributed by atoms with Crippen LogP contribution in [0.2, 0.25) is 0 Å². The third-order valence-corrected chi connectivity index (χ3v) is 2.32. The summed E-state index contributed by atoms with van der Waals surface area (Å²) in [5.74, 6) is 0.703. The highest BCUT2D eigenvalue weighted by Crippen LogP contribution is 2.06. The van der Waals surface area contributed by atoms with Crippen LogP contribution in [-0.4, -0.2) is 25.3 Å². The number of rotatable bonds is 7. The molecule has 13 heavy (non-hydrogen) atoms. The summed E-state index contributed by atoms with van der Waals surface area (Å²) in [4.78, 5) is 0. The highest BCUT2D eigenvalue weighted by molar-refractivity contribution is 4.72. The standard InChI is InChI=1S/C11H25NO/c1-6-11(9(3)4)12-10(5)8-13-7-2/h9-12H,6-8H2,1-5H3. The van der Waals surface area contributed by atoms with E-state index in [9.17, 15) is 0 Å². The van der Waals surface area contributed by atoms with Crippen LogP contribution in [0.1, 0.15) is 41.0 Å². The second kappa shape index (κ2) is 7.34. The molecule has 0 bridgehead atoms. The Bertz CT molecular complexity index is 115. The van der Waals surface area contributed by atoms with Crippen LogP contribution >= 0.6 is 0 Å². The van der Waals surface area contributed by atoms with Crippen LogP contribution in [0.3, 0.4) is 0 Å². The number of hydrogen-bond donors (Lipinski definition) is 1. The minimum atomic E-state index is 0.465. The quantitative estimate of drug-likeness (QED) is 0.661. The first-order chi connectivity index (χ1) is 6.11. The lowest BCUT2D eigenvalue weighted by Crippen LogP contribution is -2.41. The van der Waals surface area contributed by atoms with Gasteiger partial charge in [-0.15, -0.1) is 0 Å². The predicted molar refractivity (Wildman–Crippen MR) is 58.0 cm³/mol. The zero-order valence-corrected chi connectivity index (χ0v) is 9.76. The smallest absolute Gasteiger partial charge is 0.0616 e. The number of nitrogens with one attached hydrogen (secondary N) is 1. The molecule has 0 aliphatic rings. The Morgan fingerprint density at radius 3 is 2.15 bits per heavy atom. The van der Waals surface area contributed by atoms with Gasteiger partial charge < -0.3 is 10.1 Å². The molecule has 0 aromatic rings. The summed E-state index contributed by atoms with van der Waals surface area (Å²) in [7, 11) is 0. The van der Waals surface area contributed by atoms with Crippen molar-refractivity contribution in [3.8, 4) is 0 Å². The molecule has 0 rings (SSSR count). The summed E-state index contributed by atoms with van der Waals surface area (Å²) < 4.78 is 5.36. The van der Waals surface area contributed by atoms with Crippen molar-refractivity contribution >= 4 is 0 Å². The second-order valence-electron chi connectivity index (χ2n) is 3.99. The van der Waals surface area contributed by atoms with Gasteiger partial charge in [0.15, 0.2) is 0 Å². The minimum absolute atomic E-state index is 0.465. The Kier molecular flexibility index (Phi) is 7.29. The van der Waals surface area contributed by atoms with Crippen molar-refractivity contribution in [2.45, 2.75) is 53.1 Å². The molecular formula is C11H25NO. The van der Waals surface area contributed by atoms with Gasteiger partial charge in [-0.25, -0.2) is 0 Å². The van der Waals surface area contributed by atoms with Crippen molar-refractivity contribution in [3.05, 3.63) is 0 Å². The summed E-state index contributed by atoms with van der Waals surface area (Å²) in [6, 6.07) is 1.09. The van der Waals surface area contributed by atoms with Crippen LogP contribution in [0.15, 0.2) is 0 Å². The molecule has 80 valence electrons. The number of hydrogen-bond acceptors (Lipinski definition) is 2. The zero-order valence-electron chi connectivity index (χ0n) is 9.76. The van der Waals surface area contributed by atoms with E-state index in [-0.39, 0.29) is 0 Å². The maximum absolute atomic E-state index is 5.36. The minimum Gasteiger partial charge on any atom is -0.380 e. The molecule has 2 unspecified atom stereocenters. The Morgan fingerprint density at radius 1 is 1.15 bits per heavy atom. The maximum Gasteiger partial charge on any atom is 0.0616 e. The first-order valence-electron chi connectivity index (χ1n) is 5.45. The molecule has 0 amide bonds. The van der Waals surface area contributed by atoms with E-state index in [2.05, 4.69) is 33.0 Å². The van der Waals surface area contributed by atoms with Gasteiger partial charge in [-0.05, 0) is 26.2 Å². The van der Waals surface area contributed by atoms with E-state index in [0.717, 1.165) is 13.2 Å². The topological polar surface area (TPSA) is 21.3 Å². The Hall–Kier alpha value is -0.0800. The summed E-state index contributed by atoms with van der Waals surface area (Å²) in [5, 5.41) is 3.58. The Balaban J connectivity index is 3.66. The van der Waals surface area contributed by atoms with Crippen LogP contribution in [0.25, 0.3) is 0 Å². The molecule has 0 aliphatic heterocycles. The van der Waals surface area contributed by atoms with Crippen LogP contribution < -0.4 is 5.32 Å². The van der Waals surface area contributed by atoms with Crippen molar-refractivity contribution in [2.75, 3.05) is 13.2 Å². The molecule has 0 heterocycles. The van der Waals surface area contributed by atoms with Gasteiger partial charge in [0.05, 0.1) is 6.61 Å². The van der Waals surface area contributed by atoms with E-state index in [4.69, 9.17) is 4.74 Å². The van der Waals surface area contributed by atoms with E-state index < -0.39 is 0 Å². The zero-order chi connectivity index (χ0) is 10.3. The largest absolute Gasteiger partial charge is 0.380 e. The molecule has 0 aliphatic carbocycles. The van der Waals surface area contributed by atoms with Gasteiger partial charge in [-0.2, -0.15) is 0 Å². The molecule has 0 spiro atoms. The fourth-order valence-corrected chi connectivity index (χ4v) is 1.49. The Labute approximate surface area is 83.1 Å². The van der Waals surface area contributed by atoms with Crippen LogP contribution in [-0.2, 0) is 4.74 Å². The van der Waals surface area contributed by atoms with Gasteiger partial charge >= 0.3 is 0 Å². The van der Waals surface area contributed by atoms with Gasteiger partial charge in [0.25, 0.3) is 0 Å². The van der Waals surface area contributed by atoms with Crippen molar-refractivity contribution in [1.82, 2.24) is 5.32 Å². The van der Waals surface area contributed by atoms with Gasteiger partial charge in [-0.1, -0.05) is 20.8 Å². The van der Waals surface area contributed by atoms with E-state index >= 15 is 0 Å². The average Bonchev–Trinajstić information content (AvgIpc) is 2.10. The summed E-state index contributed by atoms with van der Waals surface area (Å²) in [6.45, 7) is 12.6. The van der Waals surface area contributed by atoms with Crippen molar-refractivity contribution in [1.29, 1.82) is 0 Å². The van der Waals surface area contributed by atoms with E-state index in [1.807, 2.05) is 6.92 Å². The van der Waals surface area contributed by atoms with E-state index in [1.165, 1.54) is 6.42 Å². The van der Waals surface area contributed by atoms with Crippen molar-refractivity contribution in [2.24, 2.45) is 5.92 Å². The lowest BCUT2D eigenvalue weighted by molar-refractivity contribution is 0.120. The van der Waals surface area contributed by atoms with Crippen molar-refractivity contribution in [3.63, 3.8) is 0 Å². The first-order valence-corrected chi connectivity index (χ1v) is 5.45. The maximum atomic E-state index is 5.36. The molecule has 0 saturated carbocycles. The van der Waals surface area contributed by atoms with E-state index in [0.29, 0.717) is 18.0 Å². The molecule has 0 aromatic carbocycles. The van der Waals surface area contributed by atoms with Gasteiger partial charge in [0, 0.05) is 18.7 Å². The molecular weight excluding hydrogens is 162 g/mol. The van der Waals surface area contributed by atoms with Crippen LogP contribution in [0, 0.1) is 5.92 Å². The summed E-state index contributed by atoms with van der Waals surface area (Å²) in [5.41, 5.74) is 0. The third kappa shape index (κ3) is 6.05. The molecule has 0 saturated heterocycles. The van der Waals surface area contributed by atoms with Gasteiger partial charge in [0.2, 0.25) is 0 Å². The highest BCUT2D eigenvalue weighted by atomic mass is 16.5. The third-order valence-electron chi connectivity index (χ3n) is 2.32. The predicted octanol–water partition coefficient (Wildman–Crippen LogP) is 2.44. The fraction of sp³-hybridized carbons (Fsp3) is 1.00. The molecule has 2 heteroatoms. The Morgan fingerprint density at radius 2 is 1.77 bits per heavy atom. The molecule has 2 atom stereocenters. The molecule has 1 N–H and O–H groups in total. The van der Waals surface area contributed by atoms with Crippen molar-refractivity contribution < 1.29 is 4.74 Å². The average molecular weight is 187 g/mol. The molecule has 0 aromatic heterocycles. The SMILES string of the molecule is CCOCC(C)NC(CC)C(C)C. The normalized spacial score (nSPS) is 16.2. The first kappa shape index (κ1) is 12.9.